The van der Waals surface area contributed by atoms with Crippen molar-refractivity contribution in [3.63, 3.8) is 0 Å². The van der Waals surface area contributed by atoms with Crippen molar-refractivity contribution in [3.8, 4) is 0 Å². The summed E-state index contributed by atoms with van der Waals surface area (Å²) in [6.07, 6.45) is 0.793. The Hall–Kier alpha value is -2.15. The number of nitrogens with zero attached hydrogens (tertiary/aromatic N) is 1. The van der Waals surface area contributed by atoms with Crippen molar-refractivity contribution in [3.05, 3.63) is 33.9 Å². The number of hydrogen-bond donors (Lipinski definition) is 2. The lowest BCUT2D eigenvalue weighted by Gasteiger charge is -2.13. The molecule has 1 aromatic carbocycles. The van der Waals surface area contributed by atoms with Crippen LogP contribution >= 0.6 is 0 Å². The number of hydrogen-bond acceptors (Lipinski definition) is 5. The number of nitrogens with one attached hydrogen (secondary N) is 2. The van der Waals surface area contributed by atoms with Crippen LogP contribution in [-0.4, -0.2) is 37.1 Å². The first kappa shape index (κ1) is 13.3. The number of rotatable bonds is 4. The minimum Gasteiger partial charge on any atom is -0.379 e. The average Bonchev–Trinajstić information content (AvgIpc) is 2.90. The summed E-state index contributed by atoms with van der Waals surface area (Å²) in [4.78, 5) is 22.1. The summed E-state index contributed by atoms with van der Waals surface area (Å²) in [5.74, 6) is -0.277. The monoisotopic (exact) mass is 265 g/mol. The lowest BCUT2D eigenvalue weighted by atomic mass is 10.1. The van der Waals surface area contributed by atoms with Gasteiger partial charge in [-0.15, -0.1) is 0 Å². The van der Waals surface area contributed by atoms with Crippen LogP contribution in [0.15, 0.2) is 18.2 Å². The molecule has 1 fully saturated rings. The topological polar surface area (TPSA) is 93.5 Å². The number of carbonyl (C=O) groups excluding carboxylic acids is 1. The molecule has 1 amide bonds. The molecule has 0 radical (unpaired) electrons. The Morgan fingerprint density at radius 2 is 2.32 bits per heavy atom. The van der Waals surface area contributed by atoms with Gasteiger partial charge in [-0.25, -0.2) is 0 Å². The molecule has 7 heteroatoms. The van der Waals surface area contributed by atoms with Crippen LogP contribution in [0.2, 0.25) is 0 Å². The fraction of sp³-hybridized carbons (Fsp3) is 0.417. The van der Waals surface area contributed by atoms with Gasteiger partial charge in [-0.05, 0) is 18.6 Å². The lowest BCUT2D eigenvalue weighted by molar-refractivity contribution is -0.384. The third-order valence-electron chi connectivity index (χ3n) is 2.97. The summed E-state index contributed by atoms with van der Waals surface area (Å²) < 4.78 is 5.22. The van der Waals surface area contributed by atoms with Crippen LogP contribution in [0.5, 0.6) is 0 Å². The SMILES string of the molecule is CNC(=O)c1ccc([N+](=O)[O-])c(NC2CCOC2)c1. The number of amides is 1. The highest BCUT2D eigenvalue weighted by Crippen LogP contribution is 2.27. The van der Waals surface area contributed by atoms with Gasteiger partial charge in [0.1, 0.15) is 5.69 Å². The summed E-state index contributed by atoms with van der Waals surface area (Å²) in [7, 11) is 1.52. The number of ether oxygens (including phenoxy) is 1. The van der Waals surface area contributed by atoms with Crippen LogP contribution in [0.25, 0.3) is 0 Å². The summed E-state index contributed by atoms with van der Waals surface area (Å²) in [5.41, 5.74) is 0.690. The summed E-state index contributed by atoms with van der Waals surface area (Å²) in [6.45, 7) is 1.15. The summed E-state index contributed by atoms with van der Waals surface area (Å²) in [6, 6.07) is 4.31. The van der Waals surface area contributed by atoms with Crippen molar-refractivity contribution in [2.45, 2.75) is 12.5 Å². The van der Waals surface area contributed by atoms with E-state index >= 15 is 0 Å². The molecule has 1 unspecified atom stereocenters. The predicted octanol–water partition coefficient (Wildman–Crippen LogP) is 1.16. The molecule has 0 spiro atoms. The number of carbonyl (C=O) groups is 1. The van der Waals surface area contributed by atoms with Crippen molar-refractivity contribution in [1.82, 2.24) is 5.32 Å². The zero-order chi connectivity index (χ0) is 13.8. The van der Waals surface area contributed by atoms with Crippen molar-refractivity contribution < 1.29 is 14.5 Å². The normalized spacial score (nSPS) is 18.1. The minimum absolute atomic E-state index is 0.0404. The Morgan fingerprint density at radius 3 is 2.89 bits per heavy atom. The van der Waals surface area contributed by atoms with Crippen LogP contribution in [0.3, 0.4) is 0 Å². The smallest absolute Gasteiger partial charge is 0.292 e. The molecule has 19 heavy (non-hydrogen) atoms. The molecule has 0 aromatic heterocycles. The van der Waals surface area contributed by atoms with Crippen molar-refractivity contribution in [1.29, 1.82) is 0 Å². The highest BCUT2D eigenvalue weighted by Gasteiger charge is 2.21. The number of nitro groups is 1. The van der Waals surface area contributed by atoms with Crippen LogP contribution in [0.4, 0.5) is 11.4 Å². The van der Waals surface area contributed by atoms with Crippen LogP contribution in [0, 0.1) is 10.1 Å². The van der Waals surface area contributed by atoms with E-state index in [9.17, 15) is 14.9 Å². The third-order valence-corrected chi connectivity index (χ3v) is 2.97. The summed E-state index contributed by atoms with van der Waals surface area (Å²) >= 11 is 0. The highest BCUT2D eigenvalue weighted by molar-refractivity contribution is 5.95. The van der Waals surface area contributed by atoms with Gasteiger partial charge in [0.05, 0.1) is 17.6 Å². The molecule has 1 heterocycles. The number of anilines is 1. The van der Waals surface area contributed by atoms with E-state index in [1.165, 1.54) is 25.2 Å². The number of nitro benzene ring substituents is 1. The Bertz CT molecular complexity index is 498. The molecule has 1 aliphatic heterocycles. The Balaban J connectivity index is 2.29. The zero-order valence-corrected chi connectivity index (χ0v) is 10.5. The predicted molar refractivity (Wildman–Crippen MR) is 69.3 cm³/mol. The Kier molecular flexibility index (Phi) is 3.96. The fourth-order valence-corrected chi connectivity index (χ4v) is 1.96. The molecule has 2 N–H and O–H groups in total. The van der Waals surface area contributed by atoms with Gasteiger partial charge < -0.3 is 15.4 Å². The second-order valence-electron chi connectivity index (χ2n) is 4.27. The Morgan fingerprint density at radius 1 is 1.53 bits per heavy atom. The molecule has 1 saturated heterocycles. The molecular formula is C12H15N3O4. The molecule has 2 rings (SSSR count). The van der Waals surface area contributed by atoms with Crippen molar-refractivity contribution in [2.75, 3.05) is 25.6 Å². The molecule has 0 saturated carbocycles. The third kappa shape index (κ3) is 3.00. The second kappa shape index (κ2) is 5.66. The molecule has 102 valence electrons. The molecule has 0 aliphatic carbocycles. The van der Waals surface area contributed by atoms with E-state index in [-0.39, 0.29) is 17.6 Å². The van der Waals surface area contributed by atoms with Crippen LogP contribution in [0.1, 0.15) is 16.8 Å². The minimum atomic E-state index is -0.466. The van der Waals surface area contributed by atoms with Gasteiger partial charge in [-0.2, -0.15) is 0 Å². The Labute approximate surface area is 110 Å². The van der Waals surface area contributed by atoms with Crippen molar-refractivity contribution in [2.24, 2.45) is 0 Å². The molecule has 7 nitrogen and oxygen atoms in total. The van der Waals surface area contributed by atoms with Gasteiger partial charge >= 0.3 is 0 Å². The molecule has 1 aliphatic rings. The fourth-order valence-electron chi connectivity index (χ4n) is 1.96. The number of benzene rings is 1. The second-order valence-corrected chi connectivity index (χ2v) is 4.27. The van der Waals surface area contributed by atoms with Gasteiger partial charge in [-0.3, -0.25) is 14.9 Å². The van der Waals surface area contributed by atoms with E-state index in [2.05, 4.69) is 10.6 Å². The van der Waals surface area contributed by atoms with Gasteiger partial charge in [0.2, 0.25) is 0 Å². The van der Waals surface area contributed by atoms with Gasteiger partial charge in [0.15, 0.2) is 0 Å². The molecular weight excluding hydrogens is 250 g/mol. The van der Waals surface area contributed by atoms with Gasteiger partial charge in [0, 0.05) is 25.3 Å². The standard InChI is InChI=1S/C12H15N3O4/c1-13-12(16)8-2-3-11(15(17)18)10(6-8)14-9-4-5-19-7-9/h2-3,6,9,14H,4-5,7H2,1H3,(H,13,16). The van der Waals surface area contributed by atoms with E-state index in [1.54, 1.807) is 0 Å². The van der Waals surface area contributed by atoms with E-state index < -0.39 is 4.92 Å². The molecule has 1 atom stereocenters. The largest absolute Gasteiger partial charge is 0.379 e. The van der Waals surface area contributed by atoms with E-state index in [0.717, 1.165) is 6.42 Å². The maximum atomic E-state index is 11.6. The maximum Gasteiger partial charge on any atom is 0.292 e. The highest BCUT2D eigenvalue weighted by atomic mass is 16.6. The van der Waals surface area contributed by atoms with Crippen LogP contribution < -0.4 is 10.6 Å². The maximum absolute atomic E-state index is 11.6. The molecule has 0 bridgehead atoms. The van der Waals surface area contributed by atoms with E-state index in [0.29, 0.717) is 24.5 Å². The first-order valence-electron chi connectivity index (χ1n) is 5.96. The average molecular weight is 265 g/mol. The van der Waals surface area contributed by atoms with Crippen molar-refractivity contribution >= 4 is 17.3 Å². The van der Waals surface area contributed by atoms with E-state index in [4.69, 9.17) is 4.74 Å². The van der Waals surface area contributed by atoms with Gasteiger partial charge in [0.25, 0.3) is 11.6 Å². The van der Waals surface area contributed by atoms with Gasteiger partial charge in [-0.1, -0.05) is 0 Å². The first-order valence-corrected chi connectivity index (χ1v) is 5.96. The lowest BCUT2D eigenvalue weighted by Crippen LogP contribution is -2.21. The summed E-state index contributed by atoms with van der Waals surface area (Å²) in [5, 5.41) is 16.5. The quantitative estimate of drug-likeness (QED) is 0.629. The zero-order valence-electron chi connectivity index (χ0n) is 10.5. The van der Waals surface area contributed by atoms with Crippen LogP contribution in [-0.2, 0) is 4.74 Å². The molecule has 1 aromatic rings. The first-order chi connectivity index (χ1) is 9.11. The van der Waals surface area contributed by atoms with E-state index in [1.807, 2.05) is 0 Å².